The molecule has 1 atom stereocenters. The summed E-state index contributed by atoms with van der Waals surface area (Å²) in [7, 11) is 0. The molecule has 0 bridgehead atoms. The Morgan fingerprint density at radius 3 is 2.16 bits per heavy atom. The maximum atomic E-state index is 12.1. The minimum Gasteiger partial charge on any atom is -0.478 e. The van der Waals surface area contributed by atoms with Crippen LogP contribution in [0.25, 0.3) is 16.7 Å². The molecule has 1 N–H and O–H groups in total. The molecule has 31 heavy (non-hydrogen) atoms. The summed E-state index contributed by atoms with van der Waals surface area (Å²) >= 11 is 3.46. The van der Waals surface area contributed by atoms with E-state index in [-0.39, 0.29) is 5.41 Å². The number of carboxylic acid groups (broad SMARTS) is 1. The highest BCUT2D eigenvalue weighted by atomic mass is 79.9. The van der Waals surface area contributed by atoms with Crippen molar-refractivity contribution in [3.8, 4) is 11.4 Å². The topological polar surface area (TPSA) is 77.2 Å². The lowest BCUT2D eigenvalue weighted by Crippen LogP contribution is -2.20. The lowest BCUT2D eigenvalue weighted by molar-refractivity contribution is -0.145. The summed E-state index contributed by atoms with van der Waals surface area (Å²) in [5, 5.41) is 18.9. The molecule has 1 aromatic heterocycles. The molecule has 0 aliphatic rings. The van der Waals surface area contributed by atoms with Crippen LogP contribution in [0.5, 0.6) is 5.75 Å². The van der Waals surface area contributed by atoms with Crippen molar-refractivity contribution in [1.82, 2.24) is 15.0 Å². The van der Waals surface area contributed by atoms with Gasteiger partial charge >= 0.3 is 5.97 Å². The Bertz CT molecular complexity index is 1210. The standard InChI is InChI=1S/C24H22BrN3O3/c1-24(2,3)16-10-8-15(9-11-16)22(23(29)30)31-21-13-12-17(25)14-20(21)28-26-18-6-4-5-7-19(18)27-28/h4-14,22H,1-3H3,(H,29,30). The van der Waals surface area contributed by atoms with E-state index < -0.39 is 12.1 Å². The van der Waals surface area contributed by atoms with Crippen LogP contribution in [0.2, 0.25) is 0 Å². The average molecular weight is 480 g/mol. The van der Waals surface area contributed by atoms with Crippen LogP contribution in [0.3, 0.4) is 0 Å². The molecule has 158 valence electrons. The number of benzene rings is 3. The first-order chi connectivity index (χ1) is 14.7. The second-order valence-corrected chi connectivity index (χ2v) is 9.21. The first-order valence-corrected chi connectivity index (χ1v) is 10.6. The van der Waals surface area contributed by atoms with Gasteiger partial charge in [-0.05, 0) is 41.3 Å². The minimum atomic E-state index is -1.17. The molecule has 3 aromatic carbocycles. The van der Waals surface area contributed by atoms with Crippen LogP contribution in [0, 0.1) is 0 Å². The lowest BCUT2D eigenvalue weighted by atomic mass is 9.86. The molecule has 1 heterocycles. The number of aromatic nitrogens is 3. The molecule has 0 fully saturated rings. The Labute approximate surface area is 188 Å². The van der Waals surface area contributed by atoms with Gasteiger partial charge in [-0.3, -0.25) is 0 Å². The summed E-state index contributed by atoms with van der Waals surface area (Å²) < 4.78 is 6.81. The molecule has 0 aliphatic heterocycles. The van der Waals surface area contributed by atoms with Crippen LogP contribution in [-0.4, -0.2) is 26.1 Å². The van der Waals surface area contributed by atoms with Crippen molar-refractivity contribution < 1.29 is 14.6 Å². The zero-order valence-electron chi connectivity index (χ0n) is 17.4. The van der Waals surface area contributed by atoms with Crippen LogP contribution >= 0.6 is 15.9 Å². The number of carbonyl (C=O) groups is 1. The number of hydrogen-bond donors (Lipinski definition) is 1. The van der Waals surface area contributed by atoms with E-state index in [0.29, 0.717) is 17.0 Å². The van der Waals surface area contributed by atoms with E-state index in [1.54, 1.807) is 30.3 Å². The summed E-state index contributed by atoms with van der Waals surface area (Å²) in [6.07, 6.45) is -1.17. The van der Waals surface area contributed by atoms with E-state index >= 15 is 0 Å². The van der Waals surface area contributed by atoms with Gasteiger partial charge in [-0.2, -0.15) is 0 Å². The van der Waals surface area contributed by atoms with Crippen molar-refractivity contribution in [2.24, 2.45) is 0 Å². The van der Waals surface area contributed by atoms with Crippen LogP contribution in [0.1, 0.15) is 38.0 Å². The normalized spacial score (nSPS) is 12.6. The summed E-state index contributed by atoms with van der Waals surface area (Å²) in [5.41, 5.74) is 3.68. The fraction of sp³-hybridized carbons (Fsp3) is 0.208. The molecular weight excluding hydrogens is 458 g/mol. The first-order valence-electron chi connectivity index (χ1n) is 9.84. The van der Waals surface area contributed by atoms with Gasteiger partial charge in [0.15, 0.2) is 0 Å². The minimum absolute atomic E-state index is 0.0231. The van der Waals surface area contributed by atoms with Gasteiger partial charge in [-0.25, -0.2) is 4.79 Å². The Morgan fingerprint density at radius 2 is 1.61 bits per heavy atom. The van der Waals surface area contributed by atoms with Crippen molar-refractivity contribution in [3.63, 3.8) is 0 Å². The largest absolute Gasteiger partial charge is 0.478 e. The van der Waals surface area contributed by atoms with Crippen LogP contribution < -0.4 is 4.74 Å². The van der Waals surface area contributed by atoms with Gasteiger partial charge in [0.2, 0.25) is 6.10 Å². The molecule has 1 unspecified atom stereocenters. The molecule has 6 nitrogen and oxygen atoms in total. The number of aliphatic carboxylic acids is 1. The monoisotopic (exact) mass is 479 g/mol. The van der Waals surface area contributed by atoms with Gasteiger partial charge in [0.05, 0.1) is 0 Å². The van der Waals surface area contributed by atoms with Crippen molar-refractivity contribution >= 4 is 32.9 Å². The molecular formula is C24H22BrN3O3. The van der Waals surface area contributed by atoms with E-state index in [1.165, 1.54) is 4.80 Å². The van der Waals surface area contributed by atoms with Gasteiger partial charge in [-0.15, -0.1) is 15.0 Å². The second-order valence-electron chi connectivity index (χ2n) is 8.30. The summed E-state index contributed by atoms with van der Waals surface area (Å²) in [4.78, 5) is 13.5. The Balaban J connectivity index is 1.72. The third-order valence-corrected chi connectivity index (χ3v) is 5.46. The van der Waals surface area contributed by atoms with Crippen LogP contribution in [0.4, 0.5) is 0 Å². The quantitative estimate of drug-likeness (QED) is 0.398. The maximum absolute atomic E-state index is 12.1. The predicted molar refractivity (Wildman–Crippen MR) is 123 cm³/mol. The highest BCUT2D eigenvalue weighted by molar-refractivity contribution is 9.10. The van der Waals surface area contributed by atoms with E-state index in [4.69, 9.17) is 4.74 Å². The number of ether oxygens (including phenoxy) is 1. The SMILES string of the molecule is CC(C)(C)c1ccc(C(Oc2ccc(Br)cc2-n2nc3ccccc3n2)C(=O)O)cc1. The van der Waals surface area contributed by atoms with Gasteiger partial charge in [0, 0.05) is 10.0 Å². The first kappa shape index (κ1) is 21.1. The fourth-order valence-electron chi connectivity index (χ4n) is 3.26. The van der Waals surface area contributed by atoms with Crippen molar-refractivity contribution in [1.29, 1.82) is 0 Å². The van der Waals surface area contributed by atoms with Crippen molar-refractivity contribution in [3.05, 3.63) is 82.3 Å². The van der Waals surface area contributed by atoms with Gasteiger partial charge in [0.25, 0.3) is 0 Å². The Kier molecular flexibility index (Phi) is 5.54. The van der Waals surface area contributed by atoms with E-state index in [2.05, 4.69) is 46.9 Å². The number of rotatable bonds is 5. The number of carboxylic acids is 1. The molecule has 0 aliphatic carbocycles. The number of fused-ring (bicyclic) bond motifs is 1. The van der Waals surface area contributed by atoms with Crippen molar-refractivity contribution in [2.75, 3.05) is 0 Å². The van der Waals surface area contributed by atoms with Crippen LogP contribution in [-0.2, 0) is 10.2 Å². The molecule has 0 saturated carbocycles. The van der Waals surface area contributed by atoms with Gasteiger partial charge in [0.1, 0.15) is 22.5 Å². The Morgan fingerprint density at radius 1 is 1.00 bits per heavy atom. The van der Waals surface area contributed by atoms with E-state index in [0.717, 1.165) is 21.1 Å². The highest BCUT2D eigenvalue weighted by Crippen LogP contribution is 2.32. The number of hydrogen-bond acceptors (Lipinski definition) is 4. The molecule has 7 heteroatoms. The zero-order valence-corrected chi connectivity index (χ0v) is 19.0. The Hall–Kier alpha value is -3.19. The molecule has 0 saturated heterocycles. The molecule has 0 radical (unpaired) electrons. The van der Waals surface area contributed by atoms with Crippen molar-refractivity contribution in [2.45, 2.75) is 32.3 Å². The van der Waals surface area contributed by atoms with E-state index in [9.17, 15) is 9.90 Å². The molecule has 0 amide bonds. The number of nitrogens with zero attached hydrogens (tertiary/aromatic N) is 3. The summed E-state index contributed by atoms with van der Waals surface area (Å²) in [5.74, 6) is -0.702. The van der Waals surface area contributed by atoms with Gasteiger partial charge in [-0.1, -0.05) is 73.1 Å². The maximum Gasteiger partial charge on any atom is 0.349 e. The van der Waals surface area contributed by atoms with Gasteiger partial charge < -0.3 is 9.84 Å². The predicted octanol–water partition coefficient (Wildman–Crippen LogP) is 5.69. The number of halogens is 1. The zero-order chi connectivity index (χ0) is 22.2. The third kappa shape index (κ3) is 4.46. The van der Waals surface area contributed by atoms with E-state index in [1.807, 2.05) is 36.4 Å². The molecule has 4 aromatic rings. The smallest absolute Gasteiger partial charge is 0.349 e. The summed E-state index contributed by atoms with van der Waals surface area (Å²) in [6.45, 7) is 6.34. The lowest BCUT2D eigenvalue weighted by Gasteiger charge is -2.21. The van der Waals surface area contributed by atoms with Crippen LogP contribution in [0.15, 0.2) is 71.2 Å². The molecule has 4 rings (SSSR count). The third-order valence-electron chi connectivity index (χ3n) is 4.97. The fourth-order valence-corrected chi connectivity index (χ4v) is 3.61. The average Bonchev–Trinajstić information content (AvgIpc) is 3.16. The summed E-state index contributed by atoms with van der Waals surface area (Å²) in [6, 6.07) is 20.3. The molecule has 0 spiro atoms. The highest BCUT2D eigenvalue weighted by Gasteiger charge is 2.25. The second kappa shape index (κ2) is 8.15.